The zero-order valence-corrected chi connectivity index (χ0v) is 16.2. The predicted molar refractivity (Wildman–Crippen MR) is 101 cm³/mol. The Balaban J connectivity index is 1.53. The topological polar surface area (TPSA) is 35.6 Å². The fraction of sp³-hybridized carbons (Fsp3) is 0.389. The van der Waals surface area contributed by atoms with Crippen molar-refractivity contribution in [3.05, 3.63) is 50.9 Å². The molecule has 1 amide bonds. The summed E-state index contributed by atoms with van der Waals surface area (Å²) in [5, 5.41) is 2.34. The second-order valence-electron chi connectivity index (χ2n) is 6.41. The first kappa shape index (κ1) is 20.1. The summed E-state index contributed by atoms with van der Waals surface area (Å²) in [6.07, 6.45) is 0. The number of anilines is 1. The average Bonchev–Trinajstić information content (AvgIpc) is 3.07. The summed E-state index contributed by atoms with van der Waals surface area (Å²) in [7, 11) is 0. The van der Waals surface area contributed by atoms with Crippen LogP contribution in [0.4, 0.5) is 18.9 Å². The Hall–Kier alpha value is -1.61. The van der Waals surface area contributed by atoms with E-state index in [9.17, 15) is 18.0 Å². The van der Waals surface area contributed by atoms with Gasteiger partial charge in [0.1, 0.15) is 0 Å². The number of halogens is 4. The summed E-state index contributed by atoms with van der Waals surface area (Å²) >= 11 is 7.50. The van der Waals surface area contributed by atoms with Crippen molar-refractivity contribution in [1.82, 2.24) is 9.80 Å². The summed E-state index contributed by atoms with van der Waals surface area (Å²) < 4.78 is 40.8. The third kappa shape index (κ3) is 4.82. The van der Waals surface area contributed by atoms with Crippen LogP contribution in [0.2, 0.25) is 4.34 Å². The lowest BCUT2D eigenvalue weighted by Gasteiger charge is -2.37. The highest BCUT2D eigenvalue weighted by atomic mass is 35.5. The van der Waals surface area contributed by atoms with E-state index in [-0.39, 0.29) is 5.69 Å². The molecular weight excluding hydrogens is 399 g/mol. The van der Waals surface area contributed by atoms with Crippen molar-refractivity contribution in [1.29, 1.82) is 0 Å². The van der Waals surface area contributed by atoms with Crippen molar-refractivity contribution in [3.63, 3.8) is 0 Å². The molecule has 0 aliphatic carbocycles. The van der Waals surface area contributed by atoms with Crippen LogP contribution in [0.25, 0.3) is 0 Å². The van der Waals surface area contributed by atoms with Crippen LogP contribution in [0.5, 0.6) is 0 Å². The molecule has 146 valence electrons. The van der Waals surface area contributed by atoms with Gasteiger partial charge in [0.2, 0.25) is 5.91 Å². The second kappa shape index (κ2) is 8.60. The van der Waals surface area contributed by atoms with E-state index in [4.69, 9.17) is 11.6 Å². The Morgan fingerprint density at radius 2 is 1.85 bits per heavy atom. The maximum Gasteiger partial charge on any atom is 0.241 e. The van der Waals surface area contributed by atoms with Gasteiger partial charge in [0.25, 0.3) is 0 Å². The Morgan fingerprint density at radius 1 is 1.15 bits per heavy atom. The molecule has 4 nitrogen and oxygen atoms in total. The zero-order chi connectivity index (χ0) is 19.6. The van der Waals surface area contributed by atoms with Gasteiger partial charge >= 0.3 is 0 Å². The normalized spacial score (nSPS) is 17.1. The van der Waals surface area contributed by atoms with Gasteiger partial charge in [0.15, 0.2) is 17.5 Å². The molecule has 0 saturated carbocycles. The first-order valence-corrected chi connectivity index (χ1v) is 9.69. The lowest BCUT2D eigenvalue weighted by atomic mass is 10.2. The lowest BCUT2D eigenvalue weighted by molar-refractivity contribution is -0.121. The molecule has 1 saturated heterocycles. The van der Waals surface area contributed by atoms with Crippen molar-refractivity contribution in [2.24, 2.45) is 0 Å². The molecule has 1 atom stereocenters. The number of nitrogens with one attached hydrogen (secondary N) is 1. The number of carbonyl (C=O) groups is 1. The minimum absolute atomic E-state index is 0.362. The van der Waals surface area contributed by atoms with E-state index in [1.807, 2.05) is 17.0 Å². The number of thiophene rings is 1. The van der Waals surface area contributed by atoms with Gasteiger partial charge in [-0.15, -0.1) is 11.3 Å². The van der Waals surface area contributed by atoms with Crippen molar-refractivity contribution < 1.29 is 18.0 Å². The molecule has 1 aliphatic rings. The largest absolute Gasteiger partial charge is 0.322 e. The van der Waals surface area contributed by atoms with Crippen molar-refractivity contribution >= 4 is 34.5 Å². The molecule has 0 spiro atoms. The molecule has 1 aromatic carbocycles. The Labute approximate surface area is 164 Å². The van der Waals surface area contributed by atoms with Gasteiger partial charge in [0, 0.05) is 37.6 Å². The molecule has 1 aliphatic heterocycles. The first-order valence-electron chi connectivity index (χ1n) is 8.50. The summed E-state index contributed by atoms with van der Waals surface area (Å²) in [5.74, 6) is -4.74. The summed E-state index contributed by atoms with van der Waals surface area (Å²) in [5.41, 5.74) is -0.362. The number of carbonyl (C=O) groups excluding carboxylic acids is 1. The molecule has 27 heavy (non-hydrogen) atoms. The van der Waals surface area contributed by atoms with Crippen LogP contribution in [0.1, 0.15) is 11.8 Å². The highest BCUT2D eigenvalue weighted by molar-refractivity contribution is 7.16. The van der Waals surface area contributed by atoms with E-state index < -0.39 is 29.4 Å². The van der Waals surface area contributed by atoms with Crippen LogP contribution in [0, 0.1) is 17.5 Å². The van der Waals surface area contributed by atoms with Crippen LogP contribution < -0.4 is 5.32 Å². The number of hydrogen-bond acceptors (Lipinski definition) is 4. The van der Waals surface area contributed by atoms with Crippen LogP contribution in [-0.2, 0) is 11.3 Å². The van der Waals surface area contributed by atoms with Crippen LogP contribution in [0.15, 0.2) is 24.3 Å². The summed E-state index contributed by atoms with van der Waals surface area (Å²) in [4.78, 5) is 17.8. The Kier molecular flexibility index (Phi) is 6.41. The SMILES string of the molecule is C[C@H](C(=O)Nc1ccc(F)c(F)c1F)N1CCN(Cc2ccc(Cl)s2)CC1. The van der Waals surface area contributed by atoms with Gasteiger partial charge in [-0.2, -0.15) is 0 Å². The number of hydrogen-bond donors (Lipinski definition) is 1. The molecule has 1 aromatic heterocycles. The van der Waals surface area contributed by atoms with Crippen LogP contribution in [-0.4, -0.2) is 47.9 Å². The third-order valence-corrected chi connectivity index (χ3v) is 5.85. The lowest BCUT2D eigenvalue weighted by Crippen LogP contribution is -2.52. The van der Waals surface area contributed by atoms with Gasteiger partial charge in [0.05, 0.1) is 16.1 Å². The van der Waals surface area contributed by atoms with Crippen LogP contribution in [0.3, 0.4) is 0 Å². The standard InChI is InChI=1S/C18H19ClF3N3OS/c1-11(18(26)23-14-4-3-13(20)16(21)17(14)22)25-8-6-24(7-9-25)10-12-2-5-15(19)27-12/h2-5,11H,6-10H2,1H3,(H,23,26)/t11-/m1/s1. The van der Waals surface area contributed by atoms with Crippen LogP contribution >= 0.6 is 22.9 Å². The molecule has 1 fully saturated rings. The summed E-state index contributed by atoms with van der Waals surface area (Å²) in [6.45, 7) is 5.44. The molecule has 3 rings (SSSR count). The van der Waals surface area contributed by atoms with Gasteiger partial charge < -0.3 is 5.32 Å². The van der Waals surface area contributed by atoms with E-state index in [1.165, 1.54) is 4.88 Å². The minimum atomic E-state index is -1.59. The van der Waals surface area contributed by atoms with E-state index in [0.29, 0.717) is 13.1 Å². The maximum atomic E-state index is 13.7. The number of rotatable bonds is 5. The molecule has 9 heteroatoms. The van der Waals surface area contributed by atoms with E-state index in [1.54, 1.807) is 18.3 Å². The highest BCUT2D eigenvalue weighted by Crippen LogP contribution is 2.24. The quantitative estimate of drug-likeness (QED) is 0.748. The van der Waals surface area contributed by atoms with E-state index >= 15 is 0 Å². The second-order valence-corrected chi connectivity index (χ2v) is 8.21. The van der Waals surface area contributed by atoms with Gasteiger partial charge in [-0.25, -0.2) is 13.2 Å². The Morgan fingerprint density at radius 3 is 2.48 bits per heavy atom. The van der Waals surface area contributed by atoms with Gasteiger partial charge in [-0.1, -0.05) is 11.6 Å². The minimum Gasteiger partial charge on any atom is -0.322 e. The fourth-order valence-corrected chi connectivity index (χ4v) is 4.12. The average molecular weight is 418 g/mol. The smallest absolute Gasteiger partial charge is 0.241 e. The highest BCUT2D eigenvalue weighted by Gasteiger charge is 2.27. The molecule has 1 N–H and O–H groups in total. The molecule has 0 bridgehead atoms. The summed E-state index contributed by atoms with van der Waals surface area (Å²) in [6, 6.07) is 5.17. The van der Waals surface area contributed by atoms with Crippen molar-refractivity contribution in [3.8, 4) is 0 Å². The van der Waals surface area contributed by atoms with Crippen molar-refractivity contribution in [2.45, 2.75) is 19.5 Å². The van der Waals surface area contributed by atoms with Gasteiger partial charge in [-0.3, -0.25) is 14.6 Å². The molecule has 2 heterocycles. The van der Waals surface area contributed by atoms with Gasteiger partial charge in [-0.05, 0) is 31.2 Å². The predicted octanol–water partition coefficient (Wildman–Crippen LogP) is 3.96. The van der Waals surface area contributed by atoms with E-state index in [2.05, 4.69) is 10.2 Å². The monoisotopic (exact) mass is 417 g/mol. The number of benzene rings is 1. The first-order chi connectivity index (χ1) is 12.8. The number of amides is 1. The number of piperazine rings is 1. The third-order valence-electron chi connectivity index (χ3n) is 4.64. The molecule has 0 unspecified atom stereocenters. The Bertz CT molecular complexity index is 824. The fourth-order valence-electron chi connectivity index (χ4n) is 2.99. The molecule has 2 aromatic rings. The molecular formula is C18H19ClF3N3OS. The molecule has 0 radical (unpaired) electrons. The number of nitrogens with zero attached hydrogens (tertiary/aromatic N) is 2. The van der Waals surface area contributed by atoms with E-state index in [0.717, 1.165) is 36.1 Å². The van der Waals surface area contributed by atoms with Crippen molar-refractivity contribution in [2.75, 3.05) is 31.5 Å². The zero-order valence-electron chi connectivity index (χ0n) is 14.6. The maximum absolute atomic E-state index is 13.7.